The van der Waals surface area contributed by atoms with Crippen molar-refractivity contribution in [3.8, 4) is 0 Å². The van der Waals surface area contributed by atoms with Crippen LogP contribution in [0, 0.1) is 5.92 Å². The van der Waals surface area contributed by atoms with Gasteiger partial charge >= 0.3 is 0 Å². The third-order valence-electron chi connectivity index (χ3n) is 4.56. The van der Waals surface area contributed by atoms with E-state index < -0.39 is 0 Å². The zero-order valence-electron chi connectivity index (χ0n) is 13.7. The summed E-state index contributed by atoms with van der Waals surface area (Å²) in [5.74, 6) is 0.376. The van der Waals surface area contributed by atoms with Crippen LogP contribution >= 0.6 is 11.6 Å². The first-order chi connectivity index (χ1) is 10.5. The minimum Gasteiger partial charge on any atom is -0.381 e. The molecule has 0 atom stereocenters. The first-order valence-electron chi connectivity index (χ1n) is 8.09. The van der Waals surface area contributed by atoms with Gasteiger partial charge in [-0.05, 0) is 51.2 Å². The molecule has 0 spiro atoms. The molecule has 4 heteroatoms. The molecule has 0 radical (unpaired) electrons. The van der Waals surface area contributed by atoms with E-state index in [9.17, 15) is 4.79 Å². The Morgan fingerprint density at radius 2 is 1.91 bits per heavy atom. The lowest BCUT2D eigenvalue weighted by atomic mass is 9.86. The van der Waals surface area contributed by atoms with E-state index in [2.05, 4.69) is 13.8 Å². The van der Waals surface area contributed by atoms with Gasteiger partial charge in [0.15, 0.2) is 0 Å². The van der Waals surface area contributed by atoms with Crippen LogP contribution in [0.3, 0.4) is 0 Å². The number of carbonyl (C=O) groups is 1. The van der Waals surface area contributed by atoms with Crippen LogP contribution in [0.25, 0.3) is 0 Å². The van der Waals surface area contributed by atoms with E-state index in [0.29, 0.717) is 12.6 Å². The smallest absolute Gasteiger partial charge is 0.226 e. The molecule has 1 amide bonds. The number of benzene rings is 1. The predicted octanol–water partition coefficient (Wildman–Crippen LogP) is 4.28. The first-order valence-corrected chi connectivity index (χ1v) is 8.47. The second kappa shape index (κ2) is 7.98. The molecule has 1 aromatic carbocycles. The molecule has 22 heavy (non-hydrogen) atoms. The minimum absolute atomic E-state index is 0.122. The van der Waals surface area contributed by atoms with Gasteiger partial charge < -0.3 is 9.64 Å². The Morgan fingerprint density at radius 3 is 2.45 bits per heavy atom. The molecule has 3 nitrogen and oxygen atoms in total. The lowest BCUT2D eigenvalue weighted by molar-refractivity contribution is -0.139. The van der Waals surface area contributed by atoms with Gasteiger partial charge in [-0.2, -0.15) is 0 Å². The molecule has 0 aromatic heterocycles. The fourth-order valence-corrected chi connectivity index (χ4v) is 3.30. The predicted molar refractivity (Wildman–Crippen MR) is 89.9 cm³/mol. The van der Waals surface area contributed by atoms with Gasteiger partial charge in [0.05, 0.1) is 6.10 Å². The molecule has 1 aromatic rings. The van der Waals surface area contributed by atoms with Crippen molar-refractivity contribution in [3.63, 3.8) is 0 Å². The van der Waals surface area contributed by atoms with Crippen molar-refractivity contribution in [2.45, 2.75) is 58.2 Å². The Labute approximate surface area is 138 Å². The number of halogens is 1. The van der Waals surface area contributed by atoms with E-state index in [-0.39, 0.29) is 17.9 Å². The van der Waals surface area contributed by atoms with Crippen molar-refractivity contribution in [2.75, 3.05) is 7.11 Å². The van der Waals surface area contributed by atoms with Gasteiger partial charge in [-0.1, -0.05) is 29.8 Å². The topological polar surface area (TPSA) is 29.5 Å². The van der Waals surface area contributed by atoms with Crippen molar-refractivity contribution < 1.29 is 9.53 Å². The van der Waals surface area contributed by atoms with E-state index >= 15 is 0 Å². The molecule has 1 saturated carbocycles. The Balaban J connectivity index is 2.05. The summed E-state index contributed by atoms with van der Waals surface area (Å²) in [4.78, 5) is 14.8. The fourth-order valence-electron chi connectivity index (χ4n) is 3.11. The first kappa shape index (κ1) is 17.3. The summed E-state index contributed by atoms with van der Waals surface area (Å²) < 4.78 is 5.40. The van der Waals surface area contributed by atoms with Crippen molar-refractivity contribution >= 4 is 17.5 Å². The van der Waals surface area contributed by atoms with Crippen molar-refractivity contribution in [2.24, 2.45) is 5.92 Å². The molecule has 0 N–H and O–H groups in total. The summed E-state index contributed by atoms with van der Waals surface area (Å²) in [7, 11) is 1.75. The van der Waals surface area contributed by atoms with Crippen LogP contribution in [0.15, 0.2) is 24.3 Å². The monoisotopic (exact) mass is 323 g/mol. The maximum absolute atomic E-state index is 12.9. The van der Waals surface area contributed by atoms with Crippen LogP contribution in [0.4, 0.5) is 0 Å². The van der Waals surface area contributed by atoms with E-state index in [1.807, 2.05) is 29.2 Å². The second-order valence-electron chi connectivity index (χ2n) is 6.36. The molecular formula is C18H26ClNO2. The van der Waals surface area contributed by atoms with Gasteiger partial charge in [0.1, 0.15) is 0 Å². The van der Waals surface area contributed by atoms with E-state index in [0.717, 1.165) is 36.3 Å². The van der Waals surface area contributed by atoms with Gasteiger partial charge in [0, 0.05) is 30.6 Å². The number of hydrogen-bond donors (Lipinski definition) is 0. The van der Waals surface area contributed by atoms with Gasteiger partial charge in [-0.25, -0.2) is 0 Å². The summed E-state index contributed by atoms with van der Waals surface area (Å²) in [6, 6.07) is 7.92. The van der Waals surface area contributed by atoms with Gasteiger partial charge in [-0.3, -0.25) is 4.79 Å². The number of nitrogens with zero attached hydrogens (tertiary/aromatic N) is 1. The Morgan fingerprint density at radius 1 is 1.27 bits per heavy atom. The third-order valence-corrected chi connectivity index (χ3v) is 4.93. The summed E-state index contributed by atoms with van der Waals surface area (Å²) in [6.45, 7) is 4.71. The van der Waals surface area contributed by atoms with Gasteiger partial charge in [0.25, 0.3) is 0 Å². The van der Waals surface area contributed by atoms with Crippen molar-refractivity contribution in [1.82, 2.24) is 4.90 Å². The van der Waals surface area contributed by atoms with Crippen LogP contribution in [0.1, 0.15) is 45.1 Å². The average molecular weight is 324 g/mol. The quantitative estimate of drug-likeness (QED) is 0.809. The molecule has 0 bridgehead atoms. The van der Waals surface area contributed by atoms with E-state index in [4.69, 9.17) is 16.3 Å². The molecule has 122 valence electrons. The highest BCUT2D eigenvalue weighted by Crippen LogP contribution is 2.29. The number of hydrogen-bond acceptors (Lipinski definition) is 2. The summed E-state index contributed by atoms with van der Waals surface area (Å²) in [6.07, 6.45) is 4.11. The Hall–Kier alpha value is -1.06. The lowest BCUT2D eigenvalue weighted by Crippen LogP contribution is -2.42. The molecule has 2 rings (SSSR count). The van der Waals surface area contributed by atoms with E-state index in [1.165, 1.54) is 0 Å². The Bertz CT molecular complexity index is 496. The minimum atomic E-state index is 0.122. The molecular weight excluding hydrogens is 298 g/mol. The van der Waals surface area contributed by atoms with Crippen LogP contribution in [0.2, 0.25) is 5.02 Å². The average Bonchev–Trinajstić information content (AvgIpc) is 2.53. The molecule has 0 unspecified atom stereocenters. The van der Waals surface area contributed by atoms with Crippen LogP contribution in [-0.4, -0.2) is 30.1 Å². The lowest BCUT2D eigenvalue weighted by Gasteiger charge is -2.34. The SMILES string of the molecule is COC1CCC(C(=O)N(Cc2ccccc2Cl)C(C)C)CC1. The zero-order valence-corrected chi connectivity index (χ0v) is 14.5. The maximum atomic E-state index is 12.9. The largest absolute Gasteiger partial charge is 0.381 e. The van der Waals surface area contributed by atoms with E-state index in [1.54, 1.807) is 7.11 Å². The van der Waals surface area contributed by atoms with Crippen molar-refractivity contribution in [3.05, 3.63) is 34.9 Å². The number of amides is 1. The molecule has 1 fully saturated rings. The summed E-state index contributed by atoms with van der Waals surface area (Å²) in [5, 5.41) is 0.726. The zero-order chi connectivity index (χ0) is 16.1. The number of ether oxygens (including phenoxy) is 1. The highest BCUT2D eigenvalue weighted by molar-refractivity contribution is 6.31. The number of methoxy groups -OCH3 is 1. The standard InChI is InChI=1S/C18H26ClNO2/c1-13(2)20(12-15-6-4-5-7-17(15)19)18(21)14-8-10-16(22-3)11-9-14/h4-7,13-14,16H,8-12H2,1-3H3. The number of carbonyl (C=O) groups excluding carboxylic acids is 1. The molecule has 0 saturated heterocycles. The maximum Gasteiger partial charge on any atom is 0.226 e. The van der Waals surface area contributed by atoms with Crippen LogP contribution < -0.4 is 0 Å². The summed E-state index contributed by atoms with van der Waals surface area (Å²) >= 11 is 6.25. The van der Waals surface area contributed by atoms with Crippen LogP contribution in [0.5, 0.6) is 0 Å². The van der Waals surface area contributed by atoms with Gasteiger partial charge in [0.2, 0.25) is 5.91 Å². The highest BCUT2D eigenvalue weighted by atomic mass is 35.5. The normalized spacial score (nSPS) is 21.9. The molecule has 1 aliphatic rings. The molecule has 0 aliphatic heterocycles. The number of rotatable bonds is 5. The molecule has 0 heterocycles. The Kier molecular flexibility index (Phi) is 6.27. The third kappa shape index (κ3) is 4.23. The van der Waals surface area contributed by atoms with Crippen LogP contribution in [-0.2, 0) is 16.1 Å². The van der Waals surface area contributed by atoms with Gasteiger partial charge in [-0.15, -0.1) is 0 Å². The second-order valence-corrected chi connectivity index (χ2v) is 6.77. The molecule has 1 aliphatic carbocycles. The van der Waals surface area contributed by atoms with Crippen molar-refractivity contribution in [1.29, 1.82) is 0 Å². The highest BCUT2D eigenvalue weighted by Gasteiger charge is 2.30. The summed E-state index contributed by atoms with van der Waals surface area (Å²) in [5.41, 5.74) is 1.01. The fraction of sp³-hybridized carbons (Fsp3) is 0.611.